The van der Waals surface area contributed by atoms with Crippen LogP contribution in [0.15, 0.2) is 48.7 Å². The zero-order chi connectivity index (χ0) is 18.4. The number of nitrogens with one attached hydrogen (secondary N) is 1. The van der Waals surface area contributed by atoms with Crippen molar-refractivity contribution < 1.29 is 4.79 Å². The second-order valence-electron chi connectivity index (χ2n) is 5.89. The molecule has 0 radical (unpaired) electrons. The van der Waals surface area contributed by atoms with Crippen LogP contribution in [0.3, 0.4) is 0 Å². The van der Waals surface area contributed by atoms with Crippen LogP contribution >= 0.6 is 0 Å². The third-order valence-electron chi connectivity index (χ3n) is 3.61. The van der Waals surface area contributed by atoms with Crippen LogP contribution < -0.4 is 5.32 Å². The maximum Gasteiger partial charge on any atom is 0.273 e. The van der Waals surface area contributed by atoms with Gasteiger partial charge in [0.05, 0.1) is 19.3 Å². The van der Waals surface area contributed by atoms with Crippen molar-refractivity contribution in [1.29, 1.82) is 0 Å². The summed E-state index contributed by atoms with van der Waals surface area (Å²) in [6.45, 7) is 4.58. The van der Waals surface area contributed by atoms with Crippen LogP contribution in [0.2, 0.25) is 0 Å². The molecular weight excluding hydrogens is 328 g/mol. The fourth-order valence-corrected chi connectivity index (χ4v) is 2.48. The highest BCUT2D eigenvalue weighted by Crippen LogP contribution is 2.02. The molecule has 0 saturated carbocycles. The SMILES string of the molecule is Cc1cc(C)nc(CNC(=O)c2cn(CC=Cc3ccccc3)nn2)n1. The Morgan fingerprint density at radius 3 is 2.62 bits per heavy atom. The van der Waals surface area contributed by atoms with Gasteiger partial charge in [0, 0.05) is 11.4 Å². The van der Waals surface area contributed by atoms with Gasteiger partial charge in [0.25, 0.3) is 5.91 Å². The Bertz CT molecular complexity index is 897. The molecule has 0 aliphatic carbocycles. The topological polar surface area (TPSA) is 85.6 Å². The molecule has 2 heterocycles. The van der Waals surface area contributed by atoms with E-state index in [1.807, 2.05) is 62.4 Å². The van der Waals surface area contributed by atoms with Crippen LogP contribution in [-0.2, 0) is 13.1 Å². The zero-order valence-corrected chi connectivity index (χ0v) is 14.8. The van der Waals surface area contributed by atoms with E-state index in [0.717, 1.165) is 17.0 Å². The van der Waals surface area contributed by atoms with E-state index in [-0.39, 0.29) is 18.1 Å². The maximum atomic E-state index is 12.2. The lowest BCUT2D eigenvalue weighted by molar-refractivity contribution is 0.0944. The molecule has 2 aromatic heterocycles. The highest BCUT2D eigenvalue weighted by molar-refractivity contribution is 5.91. The molecule has 0 atom stereocenters. The number of rotatable bonds is 6. The molecule has 7 heteroatoms. The van der Waals surface area contributed by atoms with Crippen LogP contribution in [0.25, 0.3) is 6.08 Å². The molecule has 7 nitrogen and oxygen atoms in total. The number of hydrogen-bond donors (Lipinski definition) is 1. The fraction of sp³-hybridized carbons (Fsp3) is 0.211. The molecule has 0 spiro atoms. The Morgan fingerprint density at radius 2 is 1.88 bits per heavy atom. The molecule has 0 aliphatic rings. The first-order valence-electron chi connectivity index (χ1n) is 8.31. The highest BCUT2D eigenvalue weighted by atomic mass is 16.2. The molecule has 0 bridgehead atoms. The van der Waals surface area contributed by atoms with Gasteiger partial charge in [-0.1, -0.05) is 47.7 Å². The average Bonchev–Trinajstić information content (AvgIpc) is 3.09. The van der Waals surface area contributed by atoms with Gasteiger partial charge in [0.1, 0.15) is 5.82 Å². The second-order valence-corrected chi connectivity index (χ2v) is 5.89. The fourth-order valence-electron chi connectivity index (χ4n) is 2.48. The van der Waals surface area contributed by atoms with Gasteiger partial charge in [-0.2, -0.15) is 0 Å². The molecule has 0 unspecified atom stereocenters. The van der Waals surface area contributed by atoms with E-state index in [1.165, 1.54) is 0 Å². The van der Waals surface area contributed by atoms with Crippen LogP contribution in [0, 0.1) is 13.8 Å². The van der Waals surface area contributed by atoms with Gasteiger partial charge >= 0.3 is 0 Å². The third-order valence-corrected chi connectivity index (χ3v) is 3.61. The van der Waals surface area contributed by atoms with Crippen molar-refractivity contribution in [3.05, 3.63) is 77.1 Å². The van der Waals surface area contributed by atoms with E-state index >= 15 is 0 Å². The first-order chi connectivity index (χ1) is 12.6. The van der Waals surface area contributed by atoms with Crippen molar-refractivity contribution in [2.45, 2.75) is 26.9 Å². The van der Waals surface area contributed by atoms with Crippen molar-refractivity contribution in [2.75, 3.05) is 0 Å². The number of aryl methyl sites for hydroxylation is 2. The van der Waals surface area contributed by atoms with Crippen molar-refractivity contribution >= 4 is 12.0 Å². The van der Waals surface area contributed by atoms with Gasteiger partial charge in [-0.3, -0.25) is 4.79 Å². The summed E-state index contributed by atoms with van der Waals surface area (Å²) in [4.78, 5) is 20.8. The lowest BCUT2D eigenvalue weighted by Gasteiger charge is -2.04. The summed E-state index contributed by atoms with van der Waals surface area (Å²) in [6, 6.07) is 11.9. The summed E-state index contributed by atoms with van der Waals surface area (Å²) in [5.41, 5.74) is 3.12. The first-order valence-corrected chi connectivity index (χ1v) is 8.31. The Balaban J connectivity index is 1.55. The third kappa shape index (κ3) is 4.83. The number of aromatic nitrogens is 5. The van der Waals surface area contributed by atoms with Crippen molar-refractivity contribution in [2.24, 2.45) is 0 Å². The van der Waals surface area contributed by atoms with Crippen LogP contribution in [0.4, 0.5) is 0 Å². The lowest BCUT2D eigenvalue weighted by Crippen LogP contribution is -2.24. The lowest BCUT2D eigenvalue weighted by atomic mass is 10.2. The summed E-state index contributed by atoms with van der Waals surface area (Å²) >= 11 is 0. The molecular formula is C19H20N6O. The molecule has 132 valence electrons. The number of carbonyl (C=O) groups is 1. The van der Waals surface area contributed by atoms with Crippen molar-refractivity contribution in [3.8, 4) is 0 Å². The largest absolute Gasteiger partial charge is 0.343 e. The number of benzene rings is 1. The molecule has 1 N–H and O–H groups in total. The monoisotopic (exact) mass is 348 g/mol. The van der Waals surface area contributed by atoms with Gasteiger partial charge in [-0.25, -0.2) is 14.6 Å². The van der Waals surface area contributed by atoms with Gasteiger partial charge < -0.3 is 5.32 Å². The number of carbonyl (C=O) groups excluding carboxylic acids is 1. The summed E-state index contributed by atoms with van der Waals surface area (Å²) in [6.07, 6.45) is 5.58. The van der Waals surface area contributed by atoms with E-state index in [2.05, 4.69) is 25.6 Å². The Kier molecular flexibility index (Phi) is 5.48. The molecule has 0 saturated heterocycles. The molecule has 3 aromatic rings. The van der Waals surface area contributed by atoms with E-state index in [0.29, 0.717) is 12.4 Å². The minimum Gasteiger partial charge on any atom is -0.343 e. The van der Waals surface area contributed by atoms with Crippen molar-refractivity contribution in [3.63, 3.8) is 0 Å². The Hall–Kier alpha value is -3.35. The minimum atomic E-state index is -0.300. The van der Waals surface area contributed by atoms with E-state index in [1.54, 1.807) is 10.9 Å². The normalized spacial score (nSPS) is 11.0. The van der Waals surface area contributed by atoms with Gasteiger partial charge in [-0.05, 0) is 25.5 Å². The van der Waals surface area contributed by atoms with Gasteiger partial charge in [0.15, 0.2) is 5.69 Å². The smallest absolute Gasteiger partial charge is 0.273 e. The predicted molar refractivity (Wildman–Crippen MR) is 98.2 cm³/mol. The molecule has 0 aliphatic heterocycles. The van der Waals surface area contributed by atoms with E-state index < -0.39 is 0 Å². The molecule has 1 amide bonds. The quantitative estimate of drug-likeness (QED) is 0.739. The van der Waals surface area contributed by atoms with Gasteiger partial charge in [0.2, 0.25) is 0 Å². The average molecular weight is 348 g/mol. The standard InChI is InChI=1S/C19H20N6O/c1-14-11-15(2)22-18(21-14)12-20-19(26)17-13-25(24-23-17)10-6-9-16-7-4-3-5-8-16/h3-9,11,13H,10,12H2,1-2H3,(H,20,26). The molecule has 0 fully saturated rings. The second kappa shape index (κ2) is 8.15. The summed E-state index contributed by atoms with van der Waals surface area (Å²) in [7, 11) is 0. The zero-order valence-electron chi connectivity index (χ0n) is 14.8. The van der Waals surface area contributed by atoms with Crippen LogP contribution in [0.1, 0.15) is 33.3 Å². The highest BCUT2D eigenvalue weighted by Gasteiger charge is 2.11. The van der Waals surface area contributed by atoms with Crippen LogP contribution in [0.5, 0.6) is 0 Å². The number of hydrogen-bond acceptors (Lipinski definition) is 5. The van der Waals surface area contributed by atoms with Crippen LogP contribution in [-0.4, -0.2) is 30.9 Å². The molecule has 1 aromatic carbocycles. The summed E-state index contributed by atoms with van der Waals surface area (Å²) in [5, 5.41) is 10.7. The minimum absolute atomic E-state index is 0.252. The number of allylic oxidation sites excluding steroid dienone is 1. The predicted octanol–water partition coefficient (Wildman–Crippen LogP) is 2.33. The molecule has 26 heavy (non-hydrogen) atoms. The summed E-state index contributed by atoms with van der Waals surface area (Å²) in [5.74, 6) is 0.278. The first kappa shape index (κ1) is 17.5. The van der Waals surface area contributed by atoms with E-state index in [4.69, 9.17) is 0 Å². The Morgan fingerprint density at radius 1 is 1.15 bits per heavy atom. The maximum absolute atomic E-state index is 12.2. The number of nitrogens with zero attached hydrogens (tertiary/aromatic N) is 5. The Labute approximate surface area is 151 Å². The number of amides is 1. The van der Waals surface area contributed by atoms with Gasteiger partial charge in [-0.15, -0.1) is 5.10 Å². The van der Waals surface area contributed by atoms with E-state index in [9.17, 15) is 4.79 Å². The molecule has 3 rings (SSSR count). The summed E-state index contributed by atoms with van der Waals surface area (Å²) < 4.78 is 1.61. The van der Waals surface area contributed by atoms with Crippen molar-refractivity contribution in [1.82, 2.24) is 30.3 Å².